The van der Waals surface area contributed by atoms with E-state index in [2.05, 4.69) is 20.5 Å². The number of carbonyl (C=O) groups is 1. The van der Waals surface area contributed by atoms with Crippen molar-refractivity contribution in [3.05, 3.63) is 54.2 Å². The van der Waals surface area contributed by atoms with Crippen LogP contribution in [-0.2, 0) is 0 Å². The van der Waals surface area contributed by atoms with Crippen LogP contribution < -0.4 is 10.1 Å². The lowest BCUT2D eigenvalue weighted by molar-refractivity contribution is -0.184. The molecule has 4 heterocycles. The third-order valence-electron chi connectivity index (χ3n) is 6.36. The molecular formula is C25H25F3N6O4. The zero-order valence-corrected chi connectivity index (χ0v) is 20.3. The Morgan fingerprint density at radius 2 is 2.03 bits per heavy atom. The maximum Gasteiger partial charge on any atom is 0.408 e. The molecule has 1 fully saturated rings. The molecule has 0 bridgehead atoms. The van der Waals surface area contributed by atoms with E-state index >= 15 is 0 Å². The monoisotopic (exact) mass is 530 g/mol. The van der Waals surface area contributed by atoms with Crippen LogP contribution in [-0.4, -0.2) is 78.8 Å². The highest BCUT2D eigenvalue weighted by Crippen LogP contribution is 2.40. The lowest BCUT2D eigenvalue weighted by Gasteiger charge is -2.30. The topological polar surface area (TPSA) is 125 Å². The molecule has 1 aromatic carbocycles. The summed E-state index contributed by atoms with van der Waals surface area (Å²) in [6, 6.07) is 9.17. The van der Waals surface area contributed by atoms with Gasteiger partial charge in [-0.1, -0.05) is 24.3 Å². The fourth-order valence-electron chi connectivity index (χ4n) is 4.74. The zero-order chi connectivity index (χ0) is 27.0. The molecule has 0 radical (unpaired) electrons. The quantitative estimate of drug-likeness (QED) is 0.331. The number of aromatic nitrogens is 4. The number of rotatable bonds is 7. The summed E-state index contributed by atoms with van der Waals surface area (Å²) in [4.78, 5) is 16.8. The number of nitrogens with one attached hydrogen (secondary N) is 1. The van der Waals surface area contributed by atoms with Crippen molar-refractivity contribution >= 4 is 22.6 Å². The number of aliphatic hydroxyl groups is 1. The lowest BCUT2D eigenvalue weighted by Crippen LogP contribution is -2.40. The van der Waals surface area contributed by atoms with Gasteiger partial charge in [0.25, 0.3) is 0 Å². The van der Waals surface area contributed by atoms with Gasteiger partial charge in [0.2, 0.25) is 0 Å². The van der Waals surface area contributed by atoms with Gasteiger partial charge in [-0.25, -0.2) is 9.78 Å². The summed E-state index contributed by atoms with van der Waals surface area (Å²) in [5, 5.41) is 29.9. The van der Waals surface area contributed by atoms with E-state index in [0.717, 1.165) is 5.39 Å². The van der Waals surface area contributed by atoms with Crippen molar-refractivity contribution in [1.29, 1.82) is 0 Å². The van der Waals surface area contributed by atoms with Crippen molar-refractivity contribution in [3.8, 4) is 17.3 Å². The van der Waals surface area contributed by atoms with E-state index < -0.39 is 30.5 Å². The molecule has 3 aromatic heterocycles. The van der Waals surface area contributed by atoms with Crippen LogP contribution in [0.3, 0.4) is 0 Å². The van der Waals surface area contributed by atoms with Crippen LogP contribution >= 0.6 is 0 Å². The van der Waals surface area contributed by atoms with E-state index in [-0.39, 0.29) is 37.5 Å². The van der Waals surface area contributed by atoms with Crippen molar-refractivity contribution in [2.24, 2.45) is 0 Å². The van der Waals surface area contributed by atoms with Gasteiger partial charge in [-0.15, -0.1) is 10.2 Å². The largest absolute Gasteiger partial charge is 0.489 e. The van der Waals surface area contributed by atoms with E-state index in [4.69, 9.17) is 9.84 Å². The van der Waals surface area contributed by atoms with Gasteiger partial charge in [-0.05, 0) is 37.1 Å². The maximum atomic E-state index is 14.3. The number of para-hydroxylation sites is 1. The van der Waals surface area contributed by atoms with Crippen molar-refractivity contribution < 1.29 is 32.9 Å². The van der Waals surface area contributed by atoms with Gasteiger partial charge in [0.15, 0.2) is 11.5 Å². The van der Waals surface area contributed by atoms with Crippen molar-refractivity contribution in [3.63, 3.8) is 0 Å². The Bertz CT molecular complexity index is 1470. The minimum Gasteiger partial charge on any atom is -0.489 e. The number of aliphatic hydroxyl groups excluding tert-OH is 1. The van der Waals surface area contributed by atoms with Crippen LogP contribution in [0.5, 0.6) is 5.75 Å². The first-order valence-electron chi connectivity index (χ1n) is 12.0. The van der Waals surface area contributed by atoms with E-state index in [1.807, 2.05) is 6.07 Å². The molecule has 3 N–H and O–H groups in total. The SMILES string of the molecule is C[C@@H](O)COc1cccc2ccc(-c3nnc4ccc([C@@H](N5CC[C@H](NC(=O)O)C5)C(F)(F)F)cn34)nc12. The molecule has 3 atom stereocenters. The van der Waals surface area contributed by atoms with Crippen LogP contribution in [0.4, 0.5) is 18.0 Å². The summed E-state index contributed by atoms with van der Waals surface area (Å²) in [5.41, 5.74) is 1.22. The van der Waals surface area contributed by atoms with Gasteiger partial charge in [0.1, 0.15) is 29.6 Å². The number of hydrogen-bond donors (Lipinski definition) is 3. The van der Waals surface area contributed by atoms with Gasteiger partial charge >= 0.3 is 12.3 Å². The Morgan fingerprint density at radius 1 is 1.21 bits per heavy atom. The summed E-state index contributed by atoms with van der Waals surface area (Å²) in [6.45, 7) is 1.69. The average molecular weight is 531 g/mol. The van der Waals surface area contributed by atoms with E-state index in [0.29, 0.717) is 22.6 Å². The van der Waals surface area contributed by atoms with Crippen LogP contribution in [0.15, 0.2) is 48.7 Å². The number of fused-ring (bicyclic) bond motifs is 2. The maximum absolute atomic E-state index is 14.3. The number of hydrogen-bond acceptors (Lipinski definition) is 7. The standard InChI is InChI=1S/C25H25F3N6O4/c1-14(35)13-38-19-4-2-3-15-5-7-18(30-21(15)19)23-32-31-20-8-6-16(11-34(20)23)22(25(26,27)28)33-10-9-17(12-33)29-24(36)37/h2-8,11,14,17,22,29,35H,9-10,12-13H2,1H3,(H,36,37)/t14-,17+,22-/m1/s1. The summed E-state index contributed by atoms with van der Waals surface area (Å²) >= 11 is 0. The number of alkyl halides is 3. The average Bonchev–Trinajstić information content (AvgIpc) is 3.48. The fourth-order valence-corrected chi connectivity index (χ4v) is 4.74. The molecule has 5 rings (SSSR count). The van der Waals surface area contributed by atoms with Crippen LogP contribution in [0, 0.1) is 0 Å². The van der Waals surface area contributed by atoms with Crippen LogP contribution in [0.1, 0.15) is 24.9 Å². The first-order chi connectivity index (χ1) is 18.1. The summed E-state index contributed by atoms with van der Waals surface area (Å²) in [6.07, 6.45) is -4.92. The Labute approximate surface area is 214 Å². The number of amides is 1. The number of ether oxygens (including phenoxy) is 1. The lowest BCUT2D eigenvalue weighted by atomic mass is 10.1. The van der Waals surface area contributed by atoms with Crippen molar-refractivity contribution in [1.82, 2.24) is 29.8 Å². The first-order valence-corrected chi connectivity index (χ1v) is 12.0. The molecular weight excluding hydrogens is 505 g/mol. The number of likely N-dealkylation sites (tertiary alicyclic amines) is 1. The van der Waals surface area contributed by atoms with Gasteiger partial charge in [-0.3, -0.25) is 9.30 Å². The number of carboxylic acid groups (broad SMARTS) is 1. The Hall–Kier alpha value is -3.97. The van der Waals surface area contributed by atoms with Crippen molar-refractivity contribution in [2.75, 3.05) is 19.7 Å². The van der Waals surface area contributed by atoms with Crippen LogP contribution in [0.2, 0.25) is 0 Å². The molecule has 1 saturated heterocycles. The van der Waals surface area contributed by atoms with Gasteiger partial charge in [0, 0.05) is 30.7 Å². The molecule has 1 aliphatic heterocycles. The predicted molar refractivity (Wildman–Crippen MR) is 131 cm³/mol. The van der Waals surface area contributed by atoms with Crippen molar-refractivity contribution in [2.45, 2.75) is 37.7 Å². The van der Waals surface area contributed by atoms with Gasteiger partial charge in [0.05, 0.1) is 6.10 Å². The number of pyridine rings is 2. The van der Waals surface area contributed by atoms with E-state index in [1.54, 1.807) is 31.2 Å². The Balaban J connectivity index is 1.53. The Morgan fingerprint density at radius 3 is 2.76 bits per heavy atom. The highest BCUT2D eigenvalue weighted by molar-refractivity contribution is 5.86. The molecule has 1 amide bonds. The fraction of sp³-hybridized carbons (Fsp3) is 0.360. The predicted octanol–water partition coefficient (Wildman–Crippen LogP) is 3.65. The normalized spacial score (nSPS) is 18.1. The van der Waals surface area contributed by atoms with Gasteiger partial charge < -0.3 is 20.3 Å². The number of halogens is 3. The second-order valence-corrected chi connectivity index (χ2v) is 9.27. The highest BCUT2D eigenvalue weighted by atomic mass is 19.4. The molecule has 38 heavy (non-hydrogen) atoms. The van der Waals surface area contributed by atoms with Gasteiger partial charge in [-0.2, -0.15) is 13.2 Å². The minimum absolute atomic E-state index is 0.0243. The smallest absolute Gasteiger partial charge is 0.408 e. The highest BCUT2D eigenvalue weighted by Gasteiger charge is 2.47. The zero-order valence-electron chi connectivity index (χ0n) is 20.3. The minimum atomic E-state index is -4.60. The molecule has 4 aromatic rings. The summed E-state index contributed by atoms with van der Waals surface area (Å²) in [5.74, 6) is 0.706. The Kier molecular flexibility index (Phi) is 6.80. The number of nitrogens with zero attached hydrogens (tertiary/aromatic N) is 5. The molecule has 1 aliphatic rings. The molecule has 10 nitrogen and oxygen atoms in total. The molecule has 0 unspecified atom stereocenters. The molecule has 0 saturated carbocycles. The molecule has 0 spiro atoms. The summed E-state index contributed by atoms with van der Waals surface area (Å²) < 4.78 is 50.0. The second kappa shape index (κ2) is 10.1. The second-order valence-electron chi connectivity index (χ2n) is 9.27. The molecule has 200 valence electrons. The summed E-state index contributed by atoms with van der Waals surface area (Å²) in [7, 11) is 0. The van der Waals surface area contributed by atoms with E-state index in [1.165, 1.54) is 27.6 Å². The van der Waals surface area contributed by atoms with Crippen LogP contribution in [0.25, 0.3) is 28.1 Å². The molecule has 13 heteroatoms. The number of benzene rings is 1. The molecule has 0 aliphatic carbocycles. The first kappa shape index (κ1) is 25.7. The third kappa shape index (κ3) is 5.20. The third-order valence-corrected chi connectivity index (χ3v) is 6.36. The van der Waals surface area contributed by atoms with E-state index in [9.17, 15) is 23.1 Å².